The first kappa shape index (κ1) is 15.9. The van der Waals surface area contributed by atoms with Crippen LogP contribution in [0.4, 0.5) is 0 Å². The summed E-state index contributed by atoms with van der Waals surface area (Å²) >= 11 is 4.47. The number of thiophene rings is 1. The molecular weight excluding hydrogens is 366 g/mol. The summed E-state index contributed by atoms with van der Waals surface area (Å²) in [5, 5.41) is 9.14. The van der Waals surface area contributed by atoms with Gasteiger partial charge in [-0.1, -0.05) is 6.92 Å². The zero-order chi connectivity index (χ0) is 15.1. The van der Waals surface area contributed by atoms with Gasteiger partial charge in [0.2, 0.25) is 0 Å². The molecule has 2 heterocycles. The molecule has 1 saturated heterocycles. The van der Waals surface area contributed by atoms with E-state index in [4.69, 9.17) is 5.11 Å². The number of rotatable bonds is 3. The van der Waals surface area contributed by atoms with Gasteiger partial charge in [0.25, 0.3) is 10.0 Å². The van der Waals surface area contributed by atoms with Crippen molar-refractivity contribution in [2.45, 2.75) is 24.5 Å². The molecule has 0 amide bonds. The van der Waals surface area contributed by atoms with E-state index in [-0.39, 0.29) is 16.7 Å². The zero-order valence-corrected chi connectivity index (χ0v) is 14.4. The fourth-order valence-electron chi connectivity index (χ4n) is 2.43. The first-order chi connectivity index (χ1) is 9.21. The van der Waals surface area contributed by atoms with Crippen LogP contribution in [0.2, 0.25) is 0 Å². The molecule has 20 heavy (non-hydrogen) atoms. The summed E-state index contributed by atoms with van der Waals surface area (Å²) in [6, 6.07) is 1.76. The lowest BCUT2D eigenvalue weighted by molar-refractivity contribution is -0.143. The van der Waals surface area contributed by atoms with Gasteiger partial charge in [-0.3, -0.25) is 4.79 Å². The molecular formula is C12H16BrNO4S2. The van der Waals surface area contributed by atoms with E-state index in [1.807, 2.05) is 13.8 Å². The van der Waals surface area contributed by atoms with Crippen LogP contribution in [0.3, 0.4) is 0 Å². The SMILES string of the molecule is Cc1cc(Br)c(S(=O)(=O)N2CC(C)CC(C(=O)O)C2)s1. The lowest BCUT2D eigenvalue weighted by Crippen LogP contribution is -2.45. The maximum atomic E-state index is 12.6. The van der Waals surface area contributed by atoms with Crippen molar-refractivity contribution >= 4 is 43.3 Å². The van der Waals surface area contributed by atoms with E-state index in [2.05, 4.69) is 15.9 Å². The van der Waals surface area contributed by atoms with Gasteiger partial charge in [0.05, 0.1) is 5.92 Å². The van der Waals surface area contributed by atoms with Crippen LogP contribution >= 0.6 is 27.3 Å². The maximum absolute atomic E-state index is 12.6. The summed E-state index contributed by atoms with van der Waals surface area (Å²) in [7, 11) is -3.63. The molecule has 1 N–H and O–H groups in total. The molecule has 1 aromatic heterocycles. The number of piperidine rings is 1. The van der Waals surface area contributed by atoms with Gasteiger partial charge in [-0.05, 0) is 41.3 Å². The van der Waals surface area contributed by atoms with Crippen LogP contribution in [0.15, 0.2) is 14.7 Å². The van der Waals surface area contributed by atoms with Crippen molar-refractivity contribution in [2.24, 2.45) is 11.8 Å². The highest BCUT2D eigenvalue weighted by molar-refractivity contribution is 9.10. The van der Waals surface area contributed by atoms with Crippen molar-refractivity contribution in [3.8, 4) is 0 Å². The largest absolute Gasteiger partial charge is 0.481 e. The molecule has 1 fully saturated rings. The Kier molecular flexibility index (Phi) is 4.58. The predicted octanol–water partition coefficient (Wildman–Crippen LogP) is 2.55. The lowest BCUT2D eigenvalue weighted by Gasteiger charge is -2.33. The van der Waals surface area contributed by atoms with Crippen LogP contribution in [0.5, 0.6) is 0 Å². The van der Waals surface area contributed by atoms with Crippen LogP contribution < -0.4 is 0 Å². The Hall–Kier alpha value is -0.440. The molecule has 0 spiro atoms. The van der Waals surface area contributed by atoms with Crippen molar-refractivity contribution < 1.29 is 18.3 Å². The number of hydrogen-bond acceptors (Lipinski definition) is 4. The van der Waals surface area contributed by atoms with Crippen LogP contribution in [-0.2, 0) is 14.8 Å². The molecule has 0 aromatic carbocycles. The summed E-state index contributed by atoms with van der Waals surface area (Å²) < 4.78 is 27.4. The van der Waals surface area contributed by atoms with E-state index in [9.17, 15) is 13.2 Å². The molecule has 0 aliphatic carbocycles. The van der Waals surface area contributed by atoms with Crippen molar-refractivity contribution in [3.05, 3.63) is 15.4 Å². The minimum Gasteiger partial charge on any atom is -0.481 e. The van der Waals surface area contributed by atoms with Gasteiger partial charge in [-0.25, -0.2) is 8.42 Å². The summed E-state index contributed by atoms with van der Waals surface area (Å²) in [6.07, 6.45) is 0.520. The summed E-state index contributed by atoms with van der Waals surface area (Å²) in [4.78, 5) is 12.1. The number of carbonyl (C=O) groups is 1. The van der Waals surface area contributed by atoms with Gasteiger partial charge in [-0.2, -0.15) is 4.31 Å². The number of aliphatic carboxylic acids is 1. The third-order valence-electron chi connectivity index (χ3n) is 3.33. The van der Waals surface area contributed by atoms with E-state index in [1.54, 1.807) is 6.07 Å². The Bertz CT molecular complexity index is 625. The third kappa shape index (κ3) is 3.08. The van der Waals surface area contributed by atoms with Crippen molar-refractivity contribution in [1.82, 2.24) is 4.31 Å². The van der Waals surface area contributed by atoms with E-state index in [0.717, 1.165) is 4.88 Å². The molecule has 0 saturated carbocycles. The highest BCUT2D eigenvalue weighted by Crippen LogP contribution is 2.35. The molecule has 1 aliphatic heterocycles. The molecule has 0 bridgehead atoms. The molecule has 5 nitrogen and oxygen atoms in total. The second kappa shape index (κ2) is 5.75. The van der Waals surface area contributed by atoms with E-state index < -0.39 is 21.9 Å². The van der Waals surface area contributed by atoms with Crippen LogP contribution in [0, 0.1) is 18.8 Å². The van der Waals surface area contributed by atoms with Gasteiger partial charge < -0.3 is 5.11 Å². The van der Waals surface area contributed by atoms with E-state index in [0.29, 0.717) is 17.4 Å². The van der Waals surface area contributed by atoms with Crippen LogP contribution in [-0.4, -0.2) is 36.9 Å². The minimum absolute atomic E-state index is 0.0412. The third-order valence-corrected chi connectivity index (χ3v) is 7.87. The van der Waals surface area contributed by atoms with Crippen molar-refractivity contribution in [1.29, 1.82) is 0 Å². The molecule has 2 unspecified atom stereocenters. The van der Waals surface area contributed by atoms with Gasteiger partial charge in [0, 0.05) is 22.4 Å². The Balaban J connectivity index is 2.34. The first-order valence-corrected chi connectivity index (χ1v) is 9.25. The average Bonchev–Trinajstić information content (AvgIpc) is 2.68. The van der Waals surface area contributed by atoms with E-state index >= 15 is 0 Å². The predicted molar refractivity (Wildman–Crippen MR) is 80.4 cm³/mol. The average molecular weight is 382 g/mol. The number of carboxylic acids is 1. The topological polar surface area (TPSA) is 74.7 Å². The molecule has 8 heteroatoms. The van der Waals surface area contributed by atoms with Crippen molar-refractivity contribution in [2.75, 3.05) is 13.1 Å². The Morgan fingerprint density at radius 2 is 2.15 bits per heavy atom. The summed E-state index contributed by atoms with van der Waals surface area (Å²) in [6.45, 7) is 4.14. The highest BCUT2D eigenvalue weighted by atomic mass is 79.9. The number of halogens is 1. The molecule has 2 rings (SSSR count). The normalized spacial score (nSPS) is 24.8. The first-order valence-electron chi connectivity index (χ1n) is 6.20. The summed E-state index contributed by atoms with van der Waals surface area (Å²) in [5.41, 5.74) is 0. The highest BCUT2D eigenvalue weighted by Gasteiger charge is 2.37. The number of aryl methyl sites for hydroxylation is 1. The van der Waals surface area contributed by atoms with Gasteiger partial charge in [0.1, 0.15) is 4.21 Å². The quantitative estimate of drug-likeness (QED) is 0.872. The minimum atomic E-state index is -3.63. The summed E-state index contributed by atoms with van der Waals surface area (Å²) in [5.74, 6) is -1.52. The van der Waals surface area contributed by atoms with E-state index in [1.165, 1.54) is 15.6 Å². The van der Waals surface area contributed by atoms with Crippen LogP contribution in [0.1, 0.15) is 18.2 Å². The standard InChI is InChI=1S/C12H16BrNO4S2/c1-7-3-9(11(15)16)6-14(5-7)20(17,18)12-10(13)4-8(2)19-12/h4,7,9H,3,5-6H2,1-2H3,(H,15,16). The Morgan fingerprint density at radius 3 is 2.65 bits per heavy atom. The Morgan fingerprint density at radius 1 is 1.50 bits per heavy atom. The van der Waals surface area contributed by atoms with Gasteiger partial charge in [0.15, 0.2) is 0 Å². The molecule has 0 radical (unpaired) electrons. The second-order valence-corrected chi connectivity index (χ2v) is 9.43. The van der Waals surface area contributed by atoms with Crippen LogP contribution in [0.25, 0.3) is 0 Å². The van der Waals surface area contributed by atoms with Gasteiger partial charge in [-0.15, -0.1) is 11.3 Å². The molecule has 112 valence electrons. The van der Waals surface area contributed by atoms with Crippen molar-refractivity contribution in [3.63, 3.8) is 0 Å². The molecule has 2 atom stereocenters. The number of nitrogens with zero attached hydrogens (tertiary/aromatic N) is 1. The monoisotopic (exact) mass is 381 g/mol. The Labute approximate surface area is 130 Å². The fourth-order valence-corrected chi connectivity index (χ4v) is 6.91. The smallest absolute Gasteiger partial charge is 0.307 e. The zero-order valence-electron chi connectivity index (χ0n) is 11.2. The number of carboxylic acid groups (broad SMARTS) is 1. The lowest BCUT2D eigenvalue weighted by atomic mass is 9.92. The van der Waals surface area contributed by atoms with Gasteiger partial charge >= 0.3 is 5.97 Å². The molecule has 1 aliphatic rings. The fraction of sp³-hybridized carbons (Fsp3) is 0.583. The second-order valence-electron chi connectivity index (χ2n) is 5.19. The number of sulfonamides is 1. The molecule has 1 aromatic rings. The maximum Gasteiger partial charge on any atom is 0.307 e. The number of hydrogen-bond donors (Lipinski definition) is 1.